The average Bonchev–Trinajstić information content (AvgIpc) is 3.44. The van der Waals surface area contributed by atoms with Crippen molar-refractivity contribution in [2.75, 3.05) is 11.9 Å². The van der Waals surface area contributed by atoms with Gasteiger partial charge in [0.1, 0.15) is 16.6 Å². The number of anilines is 1. The topological polar surface area (TPSA) is 69.0 Å². The van der Waals surface area contributed by atoms with Crippen LogP contribution in [-0.4, -0.2) is 27.3 Å². The predicted octanol–water partition coefficient (Wildman–Crippen LogP) is 5.20. The summed E-state index contributed by atoms with van der Waals surface area (Å²) in [6.45, 7) is 5.29. The van der Waals surface area contributed by atoms with E-state index < -0.39 is 0 Å². The Bertz CT molecular complexity index is 1180. The molecule has 164 valence electrons. The average molecular weight is 447 g/mol. The molecule has 6 nitrogen and oxygen atoms in total. The fourth-order valence-electron chi connectivity index (χ4n) is 3.41. The van der Waals surface area contributed by atoms with Crippen LogP contribution < -0.4 is 10.1 Å². The maximum Gasteiger partial charge on any atom is 0.231 e. The molecular formula is C25H26N4O2S. The Morgan fingerprint density at radius 3 is 2.62 bits per heavy atom. The first-order chi connectivity index (χ1) is 15.7. The number of amides is 1. The van der Waals surface area contributed by atoms with Crippen LogP contribution in [0.4, 0.5) is 5.82 Å². The fourth-order valence-corrected chi connectivity index (χ4v) is 4.26. The van der Waals surface area contributed by atoms with Crippen LogP contribution in [0.1, 0.15) is 30.7 Å². The minimum atomic E-state index is -0.122. The molecule has 0 saturated carbocycles. The van der Waals surface area contributed by atoms with Gasteiger partial charge in [0.15, 0.2) is 0 Å². The molecule has 7 heteroatoms. The summed E-state index contributed by atoms with van der Waals surface area (Å²) in [5, 5.41) is 10.1. The van der Waals surface area contributed by atoms with E-state index in [0.29, 0.717) is 19.0 Å². The first-order valence-electron chi connectivity index (χ1n) is 10.7. The molecule has 0 spiro atoms. The van der Waals surface area contributed by atoms with E-state index in [-0.39, 0.29) is 12.3 Å². The van der Waals surface area contributed by atoms with Gasteiger partial charge in [-0.25, -0.2) is 9.67 Å². The molecule has 0 fully saturated rings. The van der Waals surface area contributed by atoms with E-state index in [1.165, 1.54) is 16.9 Å². The molecule has 0 aliphatic rings. The number of ether oxygens (including phenoxy) is 1. The number of nitrogens with zero attached hydrogens (tertiary/aromatic N) is 3. The normalized spacial score (nSPS) is 10.8. The molecule has 4 rings (SSSR count). The van der Waals surface area contributed by atoms with Gasteiger partial charge in [0.2, 0.25) is 5.91 Å². The molecule has 2 heterocycles. The maximum atomic E-state index is 12.7. The lowest BCUT2D eigenvalue weighted by molar-refractivity contribution is -0.115. The largest absolute Gasteiger partial charge is 0.493 e. The van der Waals surface area contributed by atoms with Gasteiger partial charge >= 0.3 is 0 Å². The molecule has 0 atom stereocenters. The third-order valence-corrected chi connectivity index (χ3v) is 5.98. The van der Waals surface area contributed by atoms with Crippen LogP contribution in [0.5, 0.6) is 5.75 Å². The van der Waals surface area contributed by atoms with Crippen molar-refractivity contribution >= 4 is 23.1 Å². The molecule has 4 aromatic rings. The zero-order valence-corrected chi connectivity index (χ0v) is 19.1. The monoisotopic (exact) mass is 446 g/mol. The lowest BCUT2D eigenvalue weighted by Crippen LogP contribution is -2.18. The van der Waals surface area contributed by atoms with Crippen LogP contribution in [0.3, 0.4) is 0 Å². The minimum Gasteiger partial charge on any atom is -0.493 e. The molecule has 0 saturated heterocycles. The highest BCUT2D eigenvalue weighted by molar-refractivity contribution is 7.13. The van der Waals surface area contributed by atoms with Crippen molar-refractivity contribution in [1.82, 2.24) is 14.8 Å². The number of benzene rings is 2. The van der Waals surface area contributed by atoms with Crippen LogP contribution in [0.2, 0.25) is 0 Å². The van der Waals surface area contributed by atoms with Crippen LogP contribution >= 0.6 is 11.3 Å². The van der Waals surface area contributed by atoms with Gasteiger partial charge in [0, 0.05) is 11.4 Å². The van der Waals surface area contributed by atoms with Gasteiger partial charge < -0.3 is 10.1 Å². The summed E-state index contributed by atoms with van der Waals surface area (Å²) in [4.78, 5) is 17.3. The maximum absolute atomic E-state index is 12.7. The summed E-state index contributed by atoms with van der Waals surface area (Å²) in [5.41, 5.74) is 4.11. The minimum absolute atomic E-state index is 0.122. The van der Waals surface area contributed by atoms with Gasteiger partial charge in [-0.15, -0.1) is 11.3 Å². The highest BCUT2D eigenvalue weighted by Crippen LogP contribution is 2.32. The number of nitrogens with one attached hydrogen (secondary N) is 1. The Labute approximate surface area is 191 Å². The Hall–Kier alpha value is -3.45. The summed E-state index contributed by atoms with van der Waals surface area (Å²) in [5.74, 6) is 1.35. The van der Waals surface area contributed by atoms with E-state index in [1.807, 2.05) is 42.6 Å². The molecule has 0 unspecified atom stereocenters. The van der Waals surface area contributed by atoms with Gasteiger partial charge in [-0.2, -0.15) is 5.10 Å². The third-order valence-electron chi connectivity index (χ3n) is 5.06. The van der Waals surface area contributed by atoms with Crippen molar-refractivity contribution in [2.45, 2.75) is 33.2 Å². The van der Waals surface area contributed by atoms with Crippen LogP contribution in [0.25, 0.3) is 10.6 Å². The number of thiazole rings is 1. The van der Waals surface area contributed by atoms with Gasteiger partial charge in [-0.3, -0.25) is 4.79 Å². The highest BCUT2D eigenvalue weighted by Gasteiger charge is 2.14. The van der Waals surface area contributed by atoms with Gasteiger partial charge in [-0.1, -0.05) is 43.3 Å². The third kappa shape index (κ3) is 5.23. The van der Waals surface area contributed by atoms with Crippen molar-refractivity contribution < 1.29 is 9.53 Å². The SMILES string of the molecule is CCOc1ccccc1-c1nc(CC(=O)Nc2ccnn2Cc2ccc(CC)cc2)cs1. The van der Waals surface area contributed by atoms with E-state index in [4.69, 9.17) is 4.74 Å². The number of aryl methyl sites for hydroxylation is 1. The Kier molecular flexibility index (Phi) is 6.97. The van der Waals surface area contributed by atoms with E-state index >= 15 is 0 Å². The van der Waals surface area contributed by atoms with Crippen molar-refractivity contribution in [3.63, 3.8) is 0 Å². The van der Waals surface area contributed by atoms with Crippen LogP contribution in [0.15, 0.2) is 66.2 Å². The Morgan fingerprint density at radius 2 is 1.84 bits per heavy atom. The first-order valence-corrected chi connectivity index (χ1v) is 11.6. The first kappa shape index (κ1) is 21.8. The second-order valence-electron chi connectivity index (χ2n) is 7.34. The summed E-state index contributed by atoms with van der Waals surface area (Å²) in [6.07, 6.45) is 2.91. The van der Waals surface area contributed by atoms with Crippen molar-refractivity contribution in [2.24, 2.45) is 0 Å². The number of rotatable bonds is 9. The quantitative estimate of drug-likeness (QED) is 0.384. The smallest absolute Gasteiger partial charge is 0.231 e. The molecule has 0 radical (unpaired) electrons. The summed E-state index contributed by atoms with van der Waals surface area (Å²) in [6, 6.07) is 18.1. The lowest BCUT2D eigenvalue weighted by atomic mass is 10.1. The number of para-hydroxylation sites is 1. The predicted molar refractivity (Wildman–Crippen MR) is 128 cm³/mol. The van der Waals surface area contributed by atoms with Crippen molar-refractivity contribution in [3.05, 3.63) is 83.0 Å². The molecule has 32 heavy (non-hydrogen) atoms. The molecule has 0 aliphatic heterocycles. The molecule has 1 N–H and O–H groups in total. The summed E-state index contributed by atoms with van der Waals surface area (Å²) < 4.78 is 7.50. The Morgan fingerprint density at radius 1 is 1.06 bits per heavy atom. The number of aromatic nitrogens is 3. The second-order valence-corrected chi connectivity index (χ2v) is 8.20. The van der Waals surface area contributed by atoms with Crippen LogP contribution in [-0.2, 0) is 24.2 Å². The second kappa shape index (κ2) is 10.2. The zero-order valence-electron chi connectivity index (χ0n) is 18.2. The number of carbonyl (C=O) groups is 1. The number of hydrogen-bond donors (Lipinski definition) is 1. The highest BCUT2D eigenvalue weighted by atomic mass is 32.1. The van der Waals surface area contributed by atoms with Crippen LogP contribution in [0, 0.1) is 0 Å². The van der Waals surface area contributed by atoms with E-state index in [2.05, 4.69) is 46.6 Å². The molecule has 0 bridgehead atoms. The molecule has 2 aromatic heterocycles. The molecular weight excluding hydrogens is 420 g/mol. The lowest BCUT2D eigenvalue weighted by Gasteiger charge is -2.09. The van der Waals surface area contributed by atoms with Gasteiger partial charge in [-0.05, 0) is 36.6 Å². The van der Waals surface area contributed by atoms with Crippen molar-refractivity contribution in [1.29, 1.82) is 0 Å². The van der Waals surface area contributed by atoms with Gasteiger partial charge in [0.25, 0.3) is 0 Å². The summed E-state index contributed by atoms with van der Waals surface area (Å²) >= 11 is 1.51. The molecule has 2 aromatic carbocycles. The zero-order chi connectivity index (χ0) is 22.3. The van der Waals surface area contributed by atoms with Crippen molar-refractivity contribution in [3.8, 4) is 16.3 Å². The van der Waals surface area contributed by atoms with Gasteiger partial charge in [0.05, 0.1) is 37.0 Å². The fraction of sp³-hybridized carbons (Fsp3) is 0.240. The molecule has 0 aliphatic carbocycles. The summed E-state index contributed by atoms with van der Waals surface area (Å²) in [7, 11) is 0. The standard InChI is InChI=1S/C25H26N4O2S/c1-3-18-9-11-19(12-10-18)16-29-23(13-14-26-29)28-24(30)15-20-17-32-25(27-20)21-7-5-6-8-22(21)31-4-2/h5-14,17H,3-4,15-16H2,1-2H3,(H,28,30). The molecule has 1 amide bonds. The Balaban J connectivity index is 1.41. The van der Waals surface area contributed by atoms with E-state index in [1.54, 1.807) is 10.9 Å². The van der Waals surface area contributed by atoms with E-state index in [0.717, 1.165) is 34.0 Å². The number of hydrogen-bond acceptors (Lipinski definition) is 5. The number of carbonyl (C=O) groups excluding carboxylic acids is 1. The van der Waals surface area contributed by atoms with E-state index in [9.17, 15) is 4.79 Å².